The molecular weight excluding hydrogens is 585 g/mol. The molecule has 4 aliphatic rings. The summed E-state index contributed by atoms with van der Waals surface area (Å²) in [5.74, 6) is -0.0321. The lowest BCUT2D eigenvalue weighted by molar-refractivity contribution is -0.280. The van der Waals surface area contributed by atoms with E-state index in [-0.39, 0.29) is 55.5 Å². The van der Waals surface area contributed by atoms with Gasteiger partial charge < -0.3 is 18.0 Å². The van der Waals surface area contributed by atoms with Crippen LogP contribution in [0.3, 0.4) is 0 Å². The summed E-state index contributed by atoms with van der Waals surface area (Å²) in [6.45, 7) is 40.8. The van der Waals surface area contributed by atoms with Crippen LogP contribution in [0.2, 0.25) is 54.4 Å². The molecule has 43 heavy (non-hydrogen) atoms. The molecule has 2 bridgehead atoms. The van der Waals surface area contributed by atoms with Crippen LogP contribution >= 0.6 is 0 Å². The first-order valence-electron chi connectivity index (χ1n) is 17.0. The number of carbonyl (C=O) groups is 1. The van der Waals surface area contributed by atoms with Gasteiger partial charge in [-0.3, -0.25) is 0 Å². The second kappa shape index (κ2) is 11.5. The molecule has 0 radical (unpaired) electrons. The van der Waals surface area contributed by atoms with Crippen LogP contribution in [0.4, 0.5) is 0 Å². The highest BCUT2D eigenvalue weighted by Crippen LogP contribution is 2.86. The molecule has 4 rings (SSSR count). The number of carbonyl (C=O) groups excluding carboxylic acids is 1. The molecule has 1 spiro atoms. The first-order valence-corrected chi connectivity index (χ1v) is 25.7. The maximum Gasteiger partial charge on any atom is 0.330 e. The number of esters is 1. The number of hydrogen-bond donors (Lipinski definition) is 0. The zero-order chi connectivity index (χ0) is 33.3. The molecule has 6 atom stereocenters. The van der Waals surface area contributed by atoms with E-state index in [1.165, 1.54) is 0 Å². The van der Waals surface area contributed by atoms with Crippen molar-refractivity contribution < 1.29 is 22.8 Å². The molecule has 0 aliphatic heterocycles. The van der Waals surface area contributed by atoms with E-state index in [0.29, 0.717) is 13.2 Å². The number of ether oxygens (including phenoxy) is 1. The molecule has 0 amide bonds. The Bertz CT molecular complexity index is 1060. The Morgan fingerprint density at radius 3 is 1.77 bits per heavy atom. The van der Waals surface area contributed by atoms with Gasteiger partial charge in [0.1, 0.15) is 0 Å². The van der Waals surface area contributed by atoms with Crippen molar-refractivity contribution in [2.75, 3.05) is 13.2 Å². The van der Waals surface area contributed by atoms with Gasteiger partial charge in [0.2, 0.25) is 0 Å². The molecule has 4 fully saturated rings. The summed E-state index contributed by atoms with van der Waals surface area (Å²) < 4.78 is 27.7. The molecule has 4 aliphatic carbocycles. The zero-order valence-electron chi connectivity index (χ0n) is 31.2. The third kappa shape index (κ3) is 5.90. The molecule has 250 valence electrons. The van der Waals surface area contributed by atoms with Crippen LogP contribution in [0.1, 0.15) is 102 Å². The van der Waals surface area contributed by atoms with Crippen LogP contribution in [0.25, 0.3) is 0 Å². The first-order chi connectivity index (χ1) is 19.2. The largest absolute Gasteiger partial charge is 0.463 e. The normalized spacial score (nSPS) is 33.8. The molecule has 0 N–H and O–H groups in total. The fraction of sp³-hybridized carbons (Fsp3) is 0.914. The van der Waals surface area contributed by atoms with Crippen molar-refractivity contribution in [3.8, 4) is 0 Å². The van der Waals surface area contributed by atoms with Crippen LogP contribution in [-0.2, 0) is 22.8 Å². The fourth-order valence-electron chi connectivity index (χ4n) is 7.99. The van der Waals surface area contributed by atoms with Gasteiger partial charge in [-0.05, 0) is 86.0 Å². The topological polar surface area (TPSA) is 54.0 Å². The highest BCUT2D eigenvalue weighted by Gasteiger charge is 2.87. The van der Waals surface area contributed by atoms with Crippen molar-refractivity contribution in [1.29, 1.82) is 0 Å². The summed E-state index contributed by atoms with van der Waals surface area (Å²) in [6.07, 6.45) is 8.37. The number of allylic oxidation sites excluding steroid dienone is 1. The van der Waals surface area contributed by atoms with Crippen molar-refractivity contribution in [3.05, 3.63) is 12.2 Å². The second-order valence-electron chi connectivity index (χ2n) is 18.8. The monoisotopic (exact) mass is 652 g/mol. The quantitative estimate of drug-likeness (QED) is 0.134. The molecule has 5 nitrogen and oxygen atoms in total. The van der Waals surface area contributed by atoms with Crippen molar-refractivity contribution in [2.24, 2.45) is 22.2 Å². The molecule has 1 unspecified atom stereocenters. The van der Waals surface area contributed by atoms with Gasteiger partial charge in [-0.1, -0.05) is 81.7 Å². The minimum absolute atomic E-state index is 0.0528. The van der Waals surface area contributed by atoms with E-state index in [9.17, 15) is 4.79 Å². The minimum atomic E-state index is -2.13. The molecule has 0 heterocycles. The summed E-state index contributed by atoms with van der Waals surface area (Å²) in [7, 11) is -6.25. The smallest absolute Gasteiger partial charge is 0.330 e. The maximum atomic E-state index is 12.8. The van der Waals surface area contributed by atoms with Gasteiger partial charge in [0.15, 0.2) is 25.0 Å². The Hall–Kier alpha value is -0.259. The molecular formula is C35H68O5Si3. The van der Waals surface area contributed by atoms with E-state index in [1.807, 2.05) is 6.92 Å². The number of rotatable bonds is 10. The van der Waals surface area contributed by atoms with Crippen LogP contribution in [0.15, 0.2) is 12.2 Å². The Morgan fingerprint density at radius 1 is 0.814 bits per heavy atom. The lowest BCUT2D eigenvalue weighted by atomic mass is 9.32. The van der Waals surface area contributed by atoms with Crippen LogP contribution < -0.4 is 0 Å². The minimum Gasteiger partial charge on any atom is -0.463 e. The van der Waals surface area contributed by atoms with E-state index in [1.54, 1.807) is 6.08 Å². The second-order valence-corrected chi connectivity index (χ2v) is 33.2. The van der Waals surface area contributed by atoms with Gasteiger partial charge in [0.25, 0.3) is 0 Å². The van der Waals surface area contributed by atoms with Crippen molar-refractivity contribution in [1.82, 2.24) is 0 Å². The summed E-state index contributed by atoms with van der Waals surface area (Å²) >= 11 is 0. The van der Waals surface area contributed by atoms with Crippen molar-refractivity contribution in [3.63, 3.8) is 0 Å². The van der Waals surface area contributed by atoms with Gasteiger partial charge in [-0.15, -0.1) is 0 Å². The summed E-state index contributed by atoms with van der Waals surface area (Å²) in [6, 6.07) is 0. The van der Waals surface area contributed by atoms with E-state index in [2.05, 4.69) is 115 Å². The zero-order valence-corrected chi connectivity index (χ0v) is 34.2. The summed E-state index contributed by atoms with van der Waals surface area (Å²) in [5.41, 5.74) is -0.426. The van der Waals surface area contributed by atoms with Gasteiger partial charge >= 0.3 is 5.97 Å². The molecule has 8 heteroatoms. The summed E-state index contributed by atoms with van der Waals surface area (Å²) in [5, 5.41) is 0.327. The van der Waals surface area contributed by atoms with Crippen LogP contribution in [0.5, 0.6) is 0 Å². The fourth-order valence-corrected chi connectivity index (χ4v) is 11.7. The van der Waals surface area contributed by atoms with Gasteiger partial charge in [-0.2, -0.15) is 0 Å². The summed E-state index contributed by atoms with van der Waals surface area (Å²) in [4.78, 5) is 12.8. The Labute approximate surface area is 269 Å². The predicted octanol–water partition coefficient (Wildman–Crippen LogP) is 10.1. The Kier molecular flexibility index (Phi) is 9.92. The van der Waals surface area contributed by atoms with Crippen molar-refractivity contribution >= 4 is 30.9 Å². The predicted molar refractivity (Wildman–Crippen MR) is 188 cm³/mol. The molecule has 0 aromatic heterocycles. The van der Waals surface area contributed by atoms with Crippen LogP contribution in [-0.4, -0.2) is 56.3 Å². The average molecular weight is 653 g/mol. The van der Waals surface area contributed by atoms with Gasteiger partial charge in [-0.25, -0.2) is 4.79 Å². The average Bonchev–Trinajstić information content (AvgIpc) is 3.20. The maximum absolute atomic E-state index is 12.8. The van der Waals surface area contributed by atoms with E-state index in [4.69, 9.17) is 18.0 Å². The van der Waals surface area contributed by atoms with Gasteiger partial charge in [0, 0.05) is 29.4 Å². The van der Waals surface area contributed by atoms with Gasteiger partial charge in [0.05, 0.1) is 18.8 Å². The van der Waals surface area contributed by atoms with E-state index in [0.717, 1.165) is 25.7 Å². The highest BCUT2D eigenvalue weighted by molar-refractivity contribution is 6.75. The number of hydrogen-bond acceptors (Lipinski definition) is 5. The standard InChI is InChI=1S/C35H68O5Si3/c1-18-37-29(36)21-23-34-24-28(40-43(16,17)32(8,9)10)35(26(34)25-38-41(12,13)30(2,3)4)27(20-19-22-33(34,35)11)39-42(14,15)31(5,6)7/h21,23,26-28H,18-20,22,24-25H2,1-17H3/b23-21+/t26?,27-,28+,33+,34-,35+/m1/s1. The highest BCUT2D eigenvalue weighted by atomic mass is 28.4. The molecule has 4 saturated carbocycles. The lowest BCUT2D eigenvalue weighted by Crippen LogP contribution is -2.75. The Balaban J connectivity index is 2.25. The SMILES string of the molecule is CCOC(=O)/C=C/[C@@]12C[C@H](O[Si](C)(C)C(C)(C)C)[C@]3(C1CO[Si](C)(C)C(C)(C)C)[C@H](O[Si](C)(C)C(C)(C)C)CCC[C@]32C. The molecule has 0 aromatic carbocycles. The third-order valence-electron chi connectivity index (χ3n) is 13.6. The Morgan fingerprint density at radius 2 is 1.30 bits per heavy atom. The third-order valence-corrected chi connectivity index (χ3v) is 27.1. The van der Waals surface area contributed by atoms with E-state index < -0.39 is 25.0 Å². The van der Waals surface area contributed by atoms with E-state index >= 15 is 0 Å². The van der Waals surface area contributed by atoms with Crippen LogP contribution in [0, 0.1) is 22.2 Å². The molecule has 0 aromatic rings. The first kappa shape index (κ1) is 37.2. The molecule has 0 saturated heterocycles. The number of fused-ring (bicyclic) bond motifs is 1. The van der Waals surface area contributed by atoms with Crippen molar-refractivity contribution in [2.45, 2.75) is 168 Å². The lowest BCUT2D eigenvalue weighted by Gasteiger charge is -2.74.